The number of nitrogens with one attached hydrogen (secondary N) is 2. The fraction of sp³-hybridized carbons (Fsp3) is 0.471. The molecule has 1 aliphatic heterocycles. The van der Waals surface area contributed by atoms with E-state index in [0.717, 1.165) is 34.6 Å². The van der Waals surface area contributed by atoms with Gasteiger partial charge in [0.25, 0.3) is 0 Å². The van der Waals surface area contributed by atoms with Crippen LogP contribution in [0, 0.1) is 6.92 Å². The molecule has 2 aromatic rings. The number of carbonyl (C=O) groups excluding carboxylic acids is 1. The summed E-state index contributed by atoms with van der Waals surface area (Å²) in [6, 6.07) is 8.09. The second kappa shape index (κ2) is 8.64. The molecule has 0 unspecified atom stereocenters. The average molecular weight is 379 g/mol. The lowest BCUT2D eigenvalue weighted by Crippen LogP contribution is -2.36. The van der Waals surface area contributed by atoms with Gasteiger partial charge in [0.15, 0.2) is 4.34 Å². The van der Waals surface area contributed by atoms with Crippen LogP contribution in [0.5, 0.6) is 0 Å². The molecule has 0 spiro atoms. The number of aromatic nitrogens is 2. The Hall–Kier alpha value is -1.64. The van der Waals surface area contributed by atoms with Crippen LogP contribution >= 0.6 is 23.1 Å². The summed E-state index contributed by atoms with van der Waals surface area (Å²) in [5.74, 6) is 0.00347. The summed E-state index contributed by atoms with van der Waals surface area (Å²) in [7, 11) is 0. The molecule has 25 heavy (non-hydrogen) atoms. The van der Waals surface area contributed by atoms with Crippen LogP contribution in [-0.2, 0) is 9.53 Å². The van der Waals surface area contributed by atoms with E-state index in [1.807, 2.05) is 31.2 Å². The normalized spacial score (nSPS) is 18.1. The minimum absolute atomic E-state index is 0.00347. The highest BCUT2D eigenvalue weighted by Crippen LogP contribution is 2.30. The number of nitrogens with zero attached hydrogens (tertiary/aromatic N) is 2. The van der Waals surface area contributed by atoms with Gasteiger partial charge in [0, 0.05) is 18.8 Å². The van der Waals surface area contributed by atoms with Crippen molar-refractivity contribution in [3.8, 4) is 0 Å². The highest BCUT2D eigenvalue weighted by atomic mass is 32.2. The van der Waals surface area contributed by atoms with E-state index in [2.05, 4.69) is 27.8 Å². The Morgan fingerprint density at radius 2 is 2.20 bits per heavy atom. The number of benzene rings is 1. The van der Waals surface area contributed by atoms with Gasteiger partial charge < -0.3 is 15.4 Å². The van der Waals surface area contributed by atoms with Crippen LogP contribution in [0.25, 0.3) is 0 Å². The summed E-state index contributed by atoms with van der Waals surface area (Å²) in [5.41, 5.74) is 2.18. The number of hydrogen-bond donors (Lipinski definition) is 2. The Bertz CT molecular complexity index is 699. The van der Waals surface area contributed by atoms with E-state index in [-0.39, 0.29) is 17.3 Å². The van der Waals surface area contributed by atoms with Crippen LogP contribution in [0.1, 0.15) is 25.3 Å². The monoisotopic (exact) mass is 378 g/mol. The molecule has 1 saturated heterocycles. The highest BCUT2D eigenvalue weighted by molar-refractivity contribution is 8.02. The quantitative estimate of drug-likeness (QED) is 0.720. The van der Waals surface area contributed by atoms with Crippen molar-refractivity contribution in [2.45, 2.75) is 42.4 Å². The fourth-order valence-electron chi connectivity index (χ4n) is 2.44. The van der Waals surface area contributed by atoms with Gasteiger partial charge in [-0.25, -0.2) is 0 Å². The molecule has 0 saturated carbocycles. The van der Waals surface area contributed by atoms with Gasteiger partial charge in [0.2, 0.25) is 11.0 Å². The van der Waals surface area contributed by atoms with Crippen molar-refractivity contribution >= 4 is 39.8 Å². The van der Waals surface area contributed by atoms with E-state index in [4.69, 9.17) is 4.74 Å². The van der Waals surface area contributed by atoms with Crippen molar-refractivity contribution < 1.29 is 9.53 Å². The van der Waals surface area contributed by atoms with Gasteiger partial charge in [-0.05, 0) is 38.8 Å². The maximum absolute atomic E-state index is 12.2. The molecule has 3 rings (SSSR count). The SMILES string of the molecule is Cc1ccc(Nc2nnc(S[C@H](C)C(=O)NC[C@@H]3CCCO3)s2)cc1. The van der Waals surface area contributed by atoms with E-state index in [1.165, 1.54) is 28.7 Å². The van der Waals surface area contributed by atoms with Gasteiger partial charge >= 0.3 is 0 Å². The van der Waals surface area contributed by atoms with Crippen LogP contribution < -0.4 is 10.6 Å². The lowest BCUT2D eigenvalue weighted by molar-refractivity contribution is -0.120. The lowest BCUT2D eigenvalue weighted by Gasteiger charge is -2.13. The molecule has 1 aliphatic rings. The van der Waals surface area contributed by atoms with Crippen molar-refractivity contribution in [3.63, 3.8) is 0 Å². The summed E-state index contributed by atoms with van der Waals surface area (Å²) < 4.78 is 6.29. The topological polar surface area (TPSA) is 76.1 Å². The molecule has 0 radical (unpaired) electrons. The Kier molecular flexibility index (Phi) is 6.28. The Morgan fingerprint density at radius 1 is 1.40 bits per heavy atom. The minimum atomic E-state index is -0.221. The molecular formula is C17H22N4O2S2. The van der Waals surface area contributed by atoms with Crippen molar-refractivity contribution in [2.75, 3.05) is 18.5 Å². The second-order valence-electron chi connectivity index (χ2n) is 6.00. The van der Waals surface area contributed by atoms with Gasteiger partial charge in [0.05, 0.1) is 11.4 Å². The predicted molar refractivity (Wildman–Crippen MR) is 102 cm³/mol. The number of carbonyl (C=O) groups is 1. The van der Waals surface area contributed by atoms with Crippen LogP contribution in [0.4, 0.5) is 10.8 Å². The third-order valence-corrected chi connectivity index (χ3v) is 5.91. The molecular weight excluding hydrogens is 356 g/mol. The van der Waals surface area contributed by atoms with Gasteiger partial charge in [0.1, 0.15) is 0 Å². The fourth-order valence-corrected chi connectivity index (χ4v) is 4.38. The Labute approximate surface area is 155 Å². The van der Waals surface area contributed by atoms with Gasteiger partial charge in [-0.2, -0.15) is 0 Å². The summed E-state index contributed by atoms with van der Waals surface area (Å²) in [6.07, 6.45) is 2.26. The van der Waals surface area contributed by atoms with Crippen molar-refractivity contribution in [1.82, 2.24) is 15.5 Å². The molecule has 0 bridgehead atoms. The highest BCUT2D eigenvalue weighted by Gasteiger charge is 2.20. The third kappa shape index (κ3) is 5.42. The van der Waals surface area contributed by atoms with Gasteiger partial charge in [-0.15, -0.1) is 10.2 Å². The van der Waals surface area contributed by atoms with E-state index in [9.17, 15) is 4.79 Å². The first-order valence-corrected chi connectivity index (χ1v) is 10.0. The van der Waals surface area contributed by atoms with Crippen LogP contribution in [0.15, 0.2) is 28.6 Å². The lowest BCUT2D eigenvalue weighted by atomic mass is 10.2. The maximum Gasteiger partial charge on any atom is 0.233 e. The largest absolute Gasteiger partial charge is 0.376 e. The van der Waals surface area contributed by atoms with Gasteiger partial charge in [-0.1, -0.05) is 40.8 Å². The van der Waals surface area contributed by atoms with E-state index >= 15 is 0 Å². The number of ether oxygens (including phenoxy) is 1. The number of hydrogen-bond acceptors (Lipinski definition) is 7. The molecule has 134 valence electrons. The zero-order valence-corrected chi connectivity index (χ0v) is 16.0. The van der Waals surface area contributed by atoms with Crippen molar-refractivity contribution in [2.24, 2.45) is 0 Å². The predicted octanol–water partition coefficient (Wildman–Crippen LogP) is 3.37. The molecule has 1 amide bonds. The average Bonchev–Trinajstić information content (AvgIpc) is 3.27. The molecule has 1 aromatic carbocycles. The molecule has 8 heteroatoms. The molecule has 0 aliphatic carbocycles. The Morgan fingerprint density at radius 3 is 2.92 bits per heavy atom. The zero-order chi connectivity index (χ0) is 17.6. The van der Waals surface area contributed by atoms with Crippen molar-refractivity contribution in [3.05, 3.63) is 29.8 Å². The first-order valence-electron chi connectivity index (χ1n) is 8.33. The summed E-state index contributed by atoms with van der Waals surface area (Å²) in [4.78, 5) is 12.2. The molecule has 1 fully saturated rings. The molecule has 2 atom stereocenters. The Balaban J connectivity index is 1.48. The van der Waals surface area contributed by atoms with E-state index < -0.39 is 0 Å². The number of rotatable bonds is 7. The van der Waals surface area contributed by atoms with E-state index in [0.29, 0.717) is 6.54 Å². The first-order chi connectivity index (χ1) is 12.1. The van der Waals surface area contributed by atoms with Crippen LogP contribution in [-0.4, -0.2) is 40.6 Å². The van der Waals surface area contributed by atoms with Crippen LogP contribution in [0.3, 0.4) is 0 Å². The summed E-state index contributed by atoms with van der Waals surface area (Å²) >= 11 is 2.87. The molecule has 2 heterocycles. The maximum atomic E-state index is 12.2. The van der Waals surface area contributed by atoms with Gasteiger partial charge in [-0.3, -0.25) is 4.79 Å². The van der Waals surface area contributed by atoms with Crippen LogP contribution in [0.2, 0.25) is 0 Å². The summed E-state index contributed by atoms with van der Waals surface area (Å²) in [5, 5.41) is 15.0. The number of anilines is 2. The van der Waals surface area contributed by atoms with Crippen molar-refractivity contribution in [1.29, 1.82) is 0 Å². The second-order valence-corrected chi connectivity index (χ2v) is 8.57. The summed E-state index contributed by atoms with van der Waals surface area (Å²) in [6.45, 7) is 5.31. The molecule has 6 nitrogen and oxygen atoms in total. The molecule has 2 N–H and O–H groups in total. The standard InChI is InChI=1S/C17H22N4O2S2/c1-11-5-7-13(8-6-11)19-16-20-21-17(25-16)24-12(2)15(22)18-10-14-4-3-9-23-14/h5-8,12,14H,3-4,9-10H2,1-2H3,(H,18,22)(H,19,20)/t12-,14+/m1/s1. The molecule has 1 aromatic heterocycles. The third-order valence-electron chi connectivity index (χ3n) is 3.88. The first kappa shape index (κ1) is 18.2. The number of aryl methyl sites for hydroxylation is 1. The minimum Gasteiger partial charge on any atom is -0.376 e. The number of thioether (sulfide) groups is 1. The zero-order valence-electron chi connectivity index (χ0n) is 14.3. The van der Waals surface area contributed by atoms with E-state index in [1.54, 1.807) is 0 Å². The smallest absolute Gasteiger partial charge is 0.233 e. The number of amides is 1.